The van der Waals surface area contributed by atoms with Gasteiger partial charge in [0.25, 0.3) is 0 Å². The Balaban J connectivity index is 1.50. The van der Waals surface area contributed by atoms with E-state index in [1.54, 1.807) is 6.20 Å². The number of nitrogens with zero attached hydrogens (tertiary/aromatic N) is 3. The molecule has 0 bridgehead atoms. The van der Waals surface area contributed by atoms with Crippen LogP contribution in [0.25, 0.3) is 0 Å². The second-order valence-corrected chi connectivity index (χ2v) is 6.19. The van der Waals surface area contributed by atoms with Crippen molar-refractivity contribution in [2.45, 2.75) is 13.0 Å². The molecule has 2 heterocycles. The lowest BCUT2D eigenvalue weighted by Crippen LogP contribution is -2.48. The van der Waals surface area contributed by atoms with Crippen LogP contribution in [0.5, 0.6) is 0 Å². The summed E-state index contributed by atoms with van der Waals surface area (Å²) >= 11 is 6.14. The van der Waals surface area contributed by atoms with E-state index in [9.17, 15) is 4.79 Å². The summed E-state index contributed by atoms with van der Waals surface area (Å²) in [7, 11) is 0. The number of pyridine rings is 1. The fraction of sp³-hybridized carbons (Fsp3) is 0.333. The summed E-state index contributed by atoms with van der Waals surface area (Å²) in [5.74, 6) is 0.152. The van der Waals surface area contributed by atoms with Crippen LogP contribution >= 0.6 is 11.6 Å². The number of halogens is 1. The SMILES string of the molecule is O=C(Cc1ccccc1Cl)N1CCN(Cc2cccnc2)CC1. The number of amides is 1. The average molecular weight is 330 g/mol. The Morgan fingerprint density at radius 1 is 1.09 bits per heavy atom. The Bertz CT molecular complexity index is 654. The minimum Gasteiger partial charge on any atom is -0.340 e. The maximum absolute atomic E-state index is 12.4. The van der Waals surface area contributed by atoms with E-state index in [-0.39, 0.29) is 5.91 Å². The first-order valence-corrected chi connectivity index (χ1v) is 8.22. The average Bonchev–Trinajstić information content (AvgIpc) is 2.58. The third kappa shape index (κ3) is 4.30. The maximum Gasteiger partial charge on any atom is 0.227 e. The van der Waals surface area contributed by atoms with Gasteiger partial charge in [-0.3, -0.25) is 14.7 Å². The summed E-state index contributed by atoms with van der Waals surface area (Å²) < 4.78 is 0. The van der Waals surface area contributed by atoms with Crippen molar-refractivity contribution in [1.29, 1.82) is 0 Å². The highest BCUT2D eigenvalue weighted by molar-refractivity contribution is 6.31. The quantitative estimate of drug-likeness (QED) is 0.865. The van der Waals surface area contributed by atoms with E-state index >= 15 is 0 Å². The van der Waals surface area contributed by atoms with Crippen LogP contribution < -0.4 is 0 Å². The molecule has 0 aliphatic carbocycles. The smallest absolute Gasteiger partial charge is 0.227 e. The largest absolute Gasteiger partial charge is 0.340 e. The lowest BCUT2D eigenvalue weighted by Gasteiger charge is -2.34. The van der Waals surface area contributed by atoms with Gasteiger partial charge in [0.1, 0.15) is 0 Å². The van der Waals surface area contributed by atoms with Crippen molar-refractivity contribution in [1.82, 2.24) is 14.8 Å². The number of benzene rings is 1. The fourth-order valence-electron chi connectivity index (χ4n) is 2.82. The van der Waals surface area contributed by atoms with E-state index in [2.05, 4.69) is 16.0 Å². The second kappa shape index (κ2) is 7.57. The highest BCUT2D eigenvalue weighted by Crippen LogP contribution is 2.17. The standard InChI is InChI=1S/C18H20ClN3O/c19-17-6-2-1-5-16(17)12-18(23)22-10-8-21(9-11-22)14-15-4-3-7-20-13-15/h1-7,13H,8-12,14H2. The predicted molar refractivity (Wildman–Crippen MR) is 91.3 cm³/mol. The van der Waals surface area contributed by atoms with E-state index in [1.807, 2.05) is 41.4 Å². The minimum absolute atomic E-state index is 0.152. The zero-order valence-corrected chi connectivity index (χ0v) is 13.7. The molecule has 23 heavy (non-hydrogen) atoms. The molecule has 5 heteroatoms. The monoisotopic (exact) mass is 329 g/mol. The molecule has 1 aliphatic rings. The lowest BCUT2D eigenvalue weighted by atomic mass is 10.1. The maximum atomic E-state index is 12.4. The van der Waals surface area contributed by atoms with Crippen LogP contribution in [-0.4, -0.2) is 46.9 Å². The molecule has 2 aromatic rings. The van der Waals surface area contributed by atoms with Gasteiger partial charge in [-0.15, -0.1) is 0 Å². The van der Waals surface area contributed by atoms with Gasteiger partial charge in [-0.05, 0) is 23.3 Å². The van der Waals surface area contributed by atoms with Crippen LogP contribution in [-0.2, 0) is 17.8 Å². The van der Waals surface area contributed by atoms with E-state index in [1.165, 1.54) is 5.56 Å². The molecule has 1 aliphatic heterocycles. The van der Waals surface area contributed by atoms with E-state index < -0.39 is 0 Å². The molecule has 3 rings (SSSR count). The molecule has 4 nitrogen and oxygen atoms in total. The zero-order valence-electron chi connectivity index (χ0n) is 13.0. The number of rotatable bonds is 4. The van der Waals surface area contributed by atoms with Crippen molar-refractivity contribution in [3.8, 4) is 0 Å². The summed E-state index contributed by atoms with van der Waals surface area (Å²) in [4.78, 5) is 20.9. The summed E-state index contributed by atoms with van der Waals surface area (Å²) in [5, 5.41) is 0.663. The first-order chi connectivity index (χ1) is 11.2. The molecule has 0 unspecified atom stereocenters. The molecular formula is C18H20ClN3O. The third-order valence-electron chi connectivity index (χ3n) is 4.15. The molecule has 1 amide bonds. The molecule has 0 spiro atoms. The van der Waals surface area contributed by atoms with E-state index in [4.69, 9.17) is 11.6 Å². The third-order valence-corrected chi connectivity index (χ3v) is 4.52. The van der Waals surface area contributed by atoms with Crippen LogP contribution in [0.3, 0.4) is 0 Å². The first kappa shape index (κ1) is 16.0. The van der Waals surface area contributed by atoms with Crippen LogP contribution in [0.4, 0.5) is 0 Å². The van der Waals surface area contributed by atoms with Gasteiger partial charge < -0.3 is 4.90 Å². The number of aromatic nitrogens is 1. The highest BCUT2D eigenvalue weighted by atomic mass is 35.5. The molecule has 1 aromatic carbocycles. The molecule has 0 atom stereocenters. The molecule has 1 fully saturated rings. The van der Waals surface area contributed by atoms with E-state index in [0.29, 0.717) is 11.4 Å². The van der Waals surface area contributed by atoms with Crippen molar-refractivity contribution >= 4 is 17.5 Å². The number of hydrogen-bond acceptors (Lipinski definition) is 3. The van der Waals surface area contributed by atoms with Gasteiger partial charge >= 0.3 is 0 Å². The van der Waals surface area contributed by atoms with Crippen molar-refractivity contribution in [2.75, 3.05) is 26.2 Å². The summed E-state index contributed by atoms with van der Waals surface area (Å²) in [5.41, 5.74) is 2.11. The number of hydrogen-bond donors (Lipinski definition) is 0. The normalized spacial score (nSPS) is 15.6. The number of carbonyl (C=O) groups excluding carboxylic acids is 1. The summed E-state index contributed by atoms with van der Waals surface area (Å²) in [6, 6.07) is 11.6. The summed E-state index contributed by atoms with van der Waals surface area (Å²) in [6.07, 6.45) is 4.06. The van der Waals surface area contributed by atoms with Gasteiger partial charge in [0.05, 0.1) is 6.42 Å². The minimum atomic E-state index is 0.152. The van der Waals surface area contributed by atoms with E-state index in [0.717, 1.165) is 38.3 Å². The Hall–Kier alpha value is -1.91. The fourth-order valence-corrected chi connectivity index (χ4v) is 3.02. The molecule has 1 saturated heterocycles. The van der Waals surface area contributed by atoms with Crippen molar-refractivity contribution in [3.63, 3.8) is 0 Å². The highest BCUT2D eigenvalue weighted by Gasteiger charge is 2.21. The van der Waals surface area contributed by atoms with Gasteiger partial charge in [0.2, 0.25) is 5.91 Å². The topological polar surface area (TPSA) is 36.4 Å². The van der Waals surface area contributed by atoms with Crippen LogP contribution in [0.15, 0.2) is 48.8 Å². The van der Waals surface area contributed by atoms with Crippen molar-refractivity contribution in [2.24, 2.45) is 0 Å². The van der Waals surface area contributed by atoms with Gasteiger partial charge in [0, 0.05) is 50.1 Å². The molecule has 1 aromatic heterocycles. The van der Waals surface area contributed by atoms with Gasteiger partial charge in [-0.2, -0.15) is 0 Å². The zero-order chi connectivity index (χ0) is 16.1. The Kier molecular flexibility index (Phi) is 5.26. The lowest BCUT2D eigenvalue weighted by molar-refractivity contribution is -0.132. The molecular weight excluding hydrogens is 310 g/mol. The summed E-state index contributed by atoms with van der Waals surface area (Å²) in [6.45, 7) is 4.21. The van der Waals surface area contributed by atoms with Crippen molar-refractivity contribution < 1.29 is 4.79 Å². The predicted octanol–water partition coefficient (Wildman–Crippen LogP) is 2.62. The number of piperazine rings is 1. The van der Waals surface area contributed by atoms with Crippen LogP contribution in [0.2, 0.25) is 5.02 Å². The van der Waals surface area contributed by atoms with Crippen LogP contribution in [0.1, 0.15) is 11.1 Å². The van der Waals surface area contributed by atoms with Gasteiger partial charge in [0.15, 0.2) is 0 Å². The Labute approximate surface area is 141 Å². The Morgan fingerprint density at radius 3 is 2.57 bits per heavy atom. The molecule has 0 radical (unpaired) electrons. The van der Waals surface area contributed by atoms with Gasteiger partial charge in [-0.1, -0.05) is 35.9 Å². The van der Waals surface area contributed by atoms with Crippen molar-refractivity contribution in [3.05, 3.63) is 64.9 Å². The molecule has 0 N–H and O–H groups in total. The Morgan fingerprint density at radius 2 is 1.87 bits per heavy atom. The number of carbonyl (C=O) groups is 1. The van der Waals surface area contributed by atoms with Gasteiger partial charge in [-0.25, -0.2) is 0 Å². The first-order valence-electron chi connectivity index (χ1n) is 7.85. The van der Waals surface area contributed by atoms with Crippen LogP contribution in [0, 0.1) is 0 Å². The molecule has 0 saturated carbocycles. The second-order valence-electron chi connectivity index (χ2n) is 5.79. The molecule has 120 valence electrons.